The highest BCUT2D eigenvalue weighted by molar-refractivity contribution is 6.08. The van der Waals surface area contributed by atoms with Crippen LogP contribution in [0, 0.1) is 11.8 Å². The van der Waals surface area contributed by atoms with Crippen LogP contribution in [0.4, 0.5) is 0 Å². The summed E-state index contributed by atoms with van der Waals surface area (Å²) in [5.41, 5.74) is 4.29. The van der Waals surface area contributed by atoms with Crippen molar-refractivity contribution in [1.29, 1.82) is 0 Å². The van der Waals surface area contributed by atoms with Gasteiger partial charge in [0.15, 0.2) is 0 Å². The molecule has 4 heteroatoms. The molecule has 0 aliphatic carbocycles. The van der Waals surface area contributed by atoms with Crippen molar-refractivity contribution >= 4 is 11.8 Å². The SMILES string of the molecule is C=CCC1C(=O)OC(N)(C(C)C)C1=O. The third-order valence-electron chi connectivity index (χ3n) is 2.52. The van der Waals surface area contributed by atoms with E-state index in [0.717, 1.165) is 0 Å². The molecular weight excluding hydrogens is 182 g/mol. The van der Waals surface area contributed by atoms with Gasteiger partial charge >= 0.3 is 5.97 Å². The lowest BCUT2D eigenvalue weighted by Gasteiger charge is -2.24. The minimum atomic E-state index is -1.44. The molecule has 0 bridgehead atoms. The van der Waals surface area contributed by atoms with Gasteiger partial charge in [-0.15, -0.1) is 6.58 Å². The number of allylic oxidation sites excluding steroid dienone is 1. The summed E-state index contributed by atoms with van der Waals surface area (Å²) in [5.74, 6) is -1.85. The Hall–Kier alpha value is -1.16. The van der Waals surface area contributed by atoms with E-state index in [1.54, 1.807) is 13.8 Å². The highest BCUT2D eigenvalue weighted by Crippen LogP contribution is 2.31. The van der Waals surface area contributed by atoms with Crippen LogP contribution in [0.5, 0.6) is 0 Å². The monoisotopic (exact) mass is 197 g/mol. The first-order valence-corrected chi connectivity index (χ1v) is 4.60. The van der Waals surface area contributed by atoms with Gasteiger partial charge in [-0.25, -0.2) is 0 Å². The molecule has 4 nitrogen and oxygen atoms in total. The molecule has 0 amide bonds. The van der Waals surface area contributed by atoms with Gasteiger partial charge in [0.2, 0.25) is 11.5 Å². The van der Waals surface area contributed by atoms with E-state index in [0.29, 0.717) is 6.42 Å². The van der Waals surface area contributed by atoms with Crippen molar-refractivity contribution < 1.29 is 14.3 Å². The van der Waals surface area contributed by atoms with Crippen LogP contribution >= 0.6 is 0 Å². The van der Waals surface area contributed by atoms with E-state index in [2.05, 4.69) is 6.58 Å². The summed E-state index contributed by atoms with van der Waals surface area (Å²) in [7, 11) is 0. The topological polar surface area (TPSA) is 69.4 Å². The van der Waals surface area contributed by atoms with E-state index < -0.39 is 17.6 Å². The van der Waals surface area contributed by atoms with Crippen LogP contribution in [-0.4, -0.2) is 17.5 Å². The highest BCUT2D eigenvalue weighted by atomic mass is 16.6. The Morgan fingerprint density at radius 2 is 2.21 bits per heavy atom. The maximum atomic E-state index is 11.8. The average Bonchev–Trinajstić information content (AvgIpc) is 2.31. The summed E-state index contributed by atoms with van der Waals surface area (Å²) >= 11 is 0. The minimum absolute atomic E-state index is 0.214. The zero-order valence-corrected chi connectivity index (χ0v) is 8.45. The van der Waals surface area contributed by atoms with Crippen molar-refractivity contribution in [2.24, 2.45) is 17.6 Å². The van der Waals surface area contributed by atoms with Crippen LogP contribution in [0.25, 0.3) is 0 Å². The van der Waals surface area contributed by atoms with Crippen LogP contribution in [0.15, 0.2) is 12.7 Å². The number of hydrogen-bond acceptors (Lipinski definition) is 4. The molecule has 0 aromatic carbocycles. The van der Waals surface area contributed by atoms with Gasteiger partial charge in [-0.05, 0) is 6.42 Å². The first-order valence-electron chi connectivity index (χ1n) is 4.60. The van der Waals surface area contributed by atoms with E-state index in [9.17, 15) is 9.59 Å². The van der Waals surface area contributed by atoms with Gasteiger partial charge in [-0.2, -0.15) is 0 Å². The van der Waals surface area contributed by atoms with Crippen LogP contribution in [-0.2, 0) is 14.3 Å². The summed E-state index contributed by atoms with van der Waals surface area (Å²) in [6.07, 6.45) is 1.82. The Balaban J connectivity index is 2.94. The Kier molecular flexibility index (Phi) is 2.76. The van der Waals surface area contributed by atoms with Crippen molar-refractivity contribution in [3.05, 3.63) is 12.7 Å². The van der Waals surface area contributed by atoms with Crippen molar-refractivity contribution in [3.8, 4) is 0 Å². The number of ether oxygens (including phenoxy) is 1. The van der Waals surface area contributed by atoms with E-state index in [1.165, 1.54) is 6.08 Å². The molecule has 0 aromatic rings. The van der Waals surface area contributed by atoms with Gasteiger partial charge in [0, 0.05) is 5.92 Å². The van der Waals surface area contributed by atoms with Crippen LogP contribution < -0.4 is 5.73 Å². The van der Waals surface area contributed by atoms with Gasteiger partial charge in [-0.3, -0.25) is 15.3 Å². The second-order valence-corrected chi connectivity index (χ2v) is 3.81. The number of hydrogen-bond donors (Lipinski definition) is 1. The lowest BCUT2D eigenvalue weighted by atomic mass is 9.89. The number of Topliss-reactive ketones (excluding diaryl/α,β-unsaturated/α-hetero) is 1. The minimum Gasteiger partial charge on any atom is -0.436 e. The number of esters is 1. The summed E-state index contributed by atoms with van der Waals surface area (Å²) < 4.78 is 4.93. The molecule has 0 saturated carbocycles. The lowest BCUT2D eigenvalue weighted by Crippen LogP contribution is -2.51. The average molecular weight is 197 g/mol. The zero-order valence-electron chi connectivity index (χ0n) is 8.45. The third-order valence-corrected chi connectivity index (χ3v) is 2.52. The molecule has 1 fully saturated rings. The first-order chi connectivity index (χ1) is 6.43. The molecule has 1 aliphatic rings. The lowest BCUT2D eigenvalue weighted by molar-refractivity contribution is -0.156. The predicted octanol–water partition coefficient (Wildman–Crippen LogP) is 0.616. The number of rotatable bonds is 3. The standard InChI is InChI=1S/C10H15NO3/c1-4-5-7-8(12)10(11,6(2)3)14-9(7)13/h4,6-7H,1,5,11H2,2-3H3. The summed E-state index contributed by atoms with van der Waals surface area (Å²) in [5, 5.41) is 0. The van der Waals surface area contributed by atoms with Crippen molar-refractivity contribution in [2.45, 2.75) is 26.0 Å². The fraction of sp³-hybridized carbons (Fsp3) is 0.600. The van der Waals surface area contributed by atoms with Gasteiger partial charge in [0.05, 0.1) is 0 Å². The van der Waals surface area contributed by atoms with Gasteiger partial charge in [0.25, 0.3) is 0 Å². The molecule has 1 aliphatic heterocycles. The van der Waals surface area contributed by atoms with Gasteiger partial charge < -0.3 is 4.74 Å². The maximum absolute atomic E-state index is 11.8. The number of carbonyl (C=O) groups is 2. The number of cyclic esters (lactones) is 1. The molecule has 1 rings (SSSR count). The Morgan fingerprint density at radius 1 is 1.64 bits per heavy atom. The molecule has 2 N–H and O–H groups in total. The zero-order chi connectivity index (χ0) is 10.9. The molecule has 2 unspecified atom stereocenters. The van der Waals surface area contributed by atoms with E-state index >= 15 is 0 Å². The first kappa shape index (κ1) is 10.9. The third kappa shape index (κ3) is 1.46. The van der Waals surface area contributed by atoms with E-state index in [-0.39, 0.29) is 11.7 Å². The van der Waals surface area contributed by atoms with Gasteiger partial charge in [0.1, 0.15) is 5.92 Å². The van der Waals surface area contributed by atoms with Crippen LogP contribution in [0.2, 0.25) is 0 Å². The van der Waals surface area contributed by atoms with Crippen molar-refractivity contribution in [3.63, 3.8) is 0 Å². The molecule has 0 aromatic heterocycles. The fourth-order valence-electron chi connectivity index (χ4n) is 1.44. The second kappa shape index (κ2) is 3.53. The molecule has 78 valence electrons. The van der Waals surface area contributed by atoms with Crippen LogP contribution in [0.3, 0.4) is 0 Å². The number of ketones is 1. The molecule has 0 spiro atoms. The number of carbonyl (C=O) groups excluding carboxylic acids is 2. The normalized spacial score (nSPS) is 32.1. The fourth-order valence-corrected chi connectivity index (χ4v) is 1.44. The van der Waals surface area contributed by atoms with Crippen molar-refractivity contribution in [1.82, 2.24) is 0 Å². The van der Waals surface area contributed by atoms with Gasteiger partial charge in [-0.1, -0.05) is 19.9 Å². The Labute approximate surface area is 83.1 Å². The highest BCUT2D eigenvalue weighted by Gasteiger charge is 2.53. The van der Waals surface area contributed by atoms with Crippen LogP contribution in [0.1, 0.15) is 20.3 Å². The molecule has 1 saturated heterocycles. The predicted molar refractivity (Wildman–Crippen MR) is 51.2 cm³/mol. The quantitative estimate of drug-likeness (QED) is 0.409. The molecule has 0 radical (unpaired) electrons. The summed E-state index contributed by atoms with van der Waals surface area (Å²) in [6, 6.07) is 0. The van der Waals surface area contributed by atoms with E-state index in [4.69, 9.17) is 10.5 Å². The Morgan fingerprint density at radius 3 is 2.57 bits per heavy atom. The smallest absolute Gasteiger partial charge is 0.319 e. The summed E-state index contributed by atoms with van der Waals surface area (Å²) in [6.45, 7) is 6.99. The maximum Gasteiger partial charge on any atom is 0.319 e. The molecule has 1 heterocycles. The summed E-state index contributed by atoms with van der Waals surface area (Å²) in [4.78, 5) is 23.1. The largest absolute Gasteiger partial charge is 0.436 e. The molecule has 2 atom stereocenters. The number of nitrogens with two attached hydrogens (primary N) is 1. The second-order valence-electron chi connectivity index (χ2n) is 3.81. The van der Waals surface area contributed by atoms with Crippen molar-refractivity contribution in [2.75, 3.05) is 0 Å². The Bertz CT molecular complexity index is 285. The molecular formula is C10H15NO3. The molecule has 14 heavy (non-hydrogen) atoms. The van der Waals surface area contributed by atoms with E-state index in [1.807, 2.05) is 0 Å².